The van der Waals surface area contributed by atoms with Gasteiger partial charge in [0.15, 0.2) is 12.2 Å². The molecule has 2 aromatic rings. The Balaban J connectivity index is 2.03. The zero-order valence-corrected chi connectivity index (χ0v) is 19.2. The molecule has 1 saturated heterocycles. The highest BCUT2D eigenvalue weighted by Gasteiger charge is 2.53. The number of esters is 4. The minimum absolute atomic E-state index is 0.324. The number of carbonyl (C=O) groups is 4. The van der Waals surface area contributed by atoms with Crippen molar-refractivity contribution in [1.82, 2.24) is 0 Å². The van der Waals surface area contributed by atoms with Crippen molar-refractivity contribution in [3.63, 3.8) is 0 Å². The maximum absolute atomic E-state index is 11.9. The summed E-state index contributed by atoms with van der Waals surface area (Å²) < 4.78 is 33.1. The van der Waals surface area contributed by atoms with Crippen molar-refractivity contribution in [3.8, 4) is 5.75 Å². The molecule has 0 saturated carbocycles. The van der Waals surface area contributed by atoms with Crippen LogP contribution in [0, 0.1) is 0 Å². The molecule has 182 valence electrons. The Morgan fingerprint density at radius 3 is 1.97 bits per heavy atom. The molecule has 10 heteroatoms. The first-order valence-corrected chi connectivity index (χ1v) is 10.6. The minimum atomic E-state index is -1.40. The Hall–Kier alpha value is -3.66. The predicted octanol–water partition coefficient (Wildman–Crippen LogP) is 2.30. The van der Waals surface area contributed by atoms with Crippen molar-refractivity contribution in [2.45, 2.75) is 58.4 Å². The van der Waals surface area contributed by atoms with Gasteiger partial charge in [-0.05, 0) is 22.9 Å². The summed E-state index contributed by atoms with van der Waals surface area (Å²) in [5.41, 5.74) is 0. The number of ether oxygens (including phenoxy) is 6. The van der Waals surface area contributed by atoms with Crippen LogP contribution in [-0.4, -0.2) is 61.2 Å². The first kappa shape index (κ1) is 25.0. The summed E-state index contributed by atoms with van der Waals surface area (Å²) in [5, 5.41) is 1.86. The van der Waals surface area contributed by atoms with E-state index >= 15 is 0 Å². The van der Waals surface area contributed by atoms with Gasteiger partial charge in [0.25, 0.3) is 0 Å². The van der Waals surface area contributed by atoms with Crippen molar-refractivity contribution in [2.75, 3.05) is 6.61 Å². The molecule has 0 amide bonds. The highest BCUT2D eigenvalue weighted by molar-refractivity contribution is 5.83. The van der Waals surface area contributed by atoms with Crippen LogP contribution in [0.1, 0.15) is 27.7 Å². The average molecular weight is 474 g/mol. The van der Waals surface area contributed by atoms with Crippen LogP contribution in [0.2, 0.25) is 0 Å². The van der Waals surface area contributed by atoms with Gasteiger partial charge < -0.3 is 28.4 Å². The number of carbonyl (C=O) groups excluding carboxylic acids is 4. The van der Waals surface area contributed by atoms with Crippen molar-refractivity contribution < 1.29 is 47.6 Å². The summed E-state index contributed by atoms with van der Waals surface area (Å²) in [6.07, 6.45) is -6.09. The number of benzene rings is 2. The number of rotatable bonds is 7. The molecular formula is C24H26O10. The van der Waals surface area contributed by atoms with E-state index in [2.05, 4.69) is 0 Å². The van der Waals surface area contributed by atoms with E-state index in [4.69, 9.17) is 28.4 Å². The molecule has 0 aliphatic carbocycles. The summed E-state index contributed by atoms with van der Waals surface area (Å²) in [6.45, 7) is 4.40. The van der Waals surface area contributed by atoms with Gasteiger partial charge in [-0.1, -0.05) is 30.3 Å². The molecular weight excluding hydrogens is 448 g/mol. The molecule has 0 N–H and O–H groups in total. The lowest BCUT2D eigenvalue weighted by molar-refractivity contribution is -0.294. The molecule has 0 bridgehead atoms. The minimum Gasteiger partial charge on any atom is -0.482 e. The SMILES string of the molecule is CC(=O)OC[C@H]1OC(OC(C)=O)[C@H](OC(C)=O)[C@@H](Oc2ccc3ccccc3c2)[C@@H]1OC(C)=O. The van der Waals surface area contributed by atoms with Crippen molar-refractivity contribution >= 4 is 34.6 Å². The molecule has 34 heavy (non-hydrogen) atoms. The molecule has 2 aromatic carbocycles. The molecule has 1 aliphatic heterocycles. The van der Waals surface area contributed by atoms with Gasteiger partial charge in [-0.25, -0.2) is 0 Å². The van der Waals surface area contributed by atoms with Crippen LogP contribution in [0.25, 0.3) is 10.8 Å². The van der Waals surface area contributed by atoms with Crippen molar-refractivity contribution in [1.29, 1.82) is 0 Å². The highest BCUT2D eigenvalue weighted by Crippen LogP contribution is 2.32. The number of hydrogen-bond acceptors (Lipinski definition) is 10. The standard InChI is InChI=1S/C24H26O10/c1-13(25)29-12-20-21(30-14(2)26)22(23(31-15(3)27)24(34-20)32-16(4)28)33-19-10-9-17-7-5-6-8-18(17)11-19/h5-11,20-24H,12H2,1-4H3/t20-,21-,22+,23-,24?/m1/s1. The fourth-order valence-corrected chi connectivity index (χ4v) is 3.65. The summed E-state index contributed by atoms with van der Waals surface area (Å²) in [7, 11) is 0. The van der Waals surface area contributed by atoms with Crippen LogP contribution in [0.15, 0.2) is 42.5 Å². The van der Waals surface area contributed by atoms with Crippen LogP contribution < -0.4 is 4.74 Å². The first-order chi connectivity index (χ1) is 16.1. The van der Waals surface area contributed by atoms with Crippen LogP contribution >= 0.6 is 0 Å². The third kappa shape index (κ3) is 6.44. The topological polar surface area (TPSA) is 124 Å². The van der Waals surface area contributed by atoms with Gasteiger partial charge in [0.1, 0.15) is 18.5 Å². The fourth-order valence-electron chi connectivity index (χ4n) is 3.65. The van der Waals surface area contributed by atoms with E-state index in [1.54, 1.807) is 12.1 Å². The summed E-state index contributed by atoms with van der Waals surface area (Å²) in [6, 6.07) is 12.9. The van der Waals surface area contributed by atoms with E-state index in [-0.39, 0.29) is 6.61 Å². The molecule has 1 fully saturated rings. The highest BCUT2D eigenvalue weighted by atomic mass is 16.7. The van der Waals surface area contributed by atoms with Crippen LogP contribution in [0.3, 0.4) is 0 Å². The van der Waals surface area contributed by atoms with E-state index < -0.39 is 54.6 Å². The Morgan fingerprint density at radius 1 is 0.735 bits per heavy atom. The Bertz CT molecular complexity index is 1060. The van der Waals surface area contributed by atoms with Gasteiger partial charge in [0, 0.05) is 27.7 Å². The van der Waals surface area contributed by atoms with Gasteiger partial charge in [-0.15, -0.1) is 0 Å². The molecule has 3 rings (SSSR count). The third-order valence-corrected chi connectivity index (χ3v) is 4.92. The molecule has 0 spiro atoms. The lowest BCUT2D eigenvalue weighted by Crippen LogP contribution is -2.63. The average Bonchev–Trinajstić information content (AvgIpc) is 2.75. The quantitative estimate of drug-likeness (QED) is 0.436. The molecule has 5 atom stereocenters. The van der Waals surface area contributed by atoms with Crippen molar-refractivity contribution in [2.24, 2.45) is 0 Å². The Labute approximate surface area is 196 Å². The molecule has 0 aromatic heterocycles. The maximum atomic E-state index is 11.9. The van der Waals surface area contributed by atoms with Gasteiger partial charge in [-0.3, -0.25) is 19.2 Å². The number of hydrogen-bond donors (Lipinski definition) is 0. The summed E-state index contributed by atoms with van der Waals surface area (Å²) in [5.74, 6) is -2.28. The molecule has 1 unspecified atom stereocenters. The van der Waals surface area contributed by atoms with Gasteiger partial charge >= 0.3 is 23.9 Å². The largest absolute Gasteiger partial charge is 0.482 e. The zero-order chi connectivity index (χ0) is 24.8. The number of fused-ring (bicyclic) bond motifs is 1. The van der Waals surface area contributed by atoms with Gasteiger partial charge in [-0.2, -0.15) is 0 Å². The van der Waals surface area contributed by atoms with Crippen LogP contribution in [0.4, 0.5) is 0 Å². The Morgan fingerprint density at radius 2 is 1.35 bits per heavy atom. The first-order valence-electron chi connectivity index (χ1n) is 10.6. The van der Waals surface area contributed by atoms with E-state index in [0.29, 0.717) is 5.75 Å². The van der Waals surface area contributed by atoms with E-state index in [1.807, 2.05) is 30.3 Å². The molecule has 1 heterocycles. The predicted molar refractivity (Wildman–Crippen MR) is 117 cm³/mol. The fraction of sp³-hybridized carbons (Fsp3) is 0.417. The van der Waals surface area contributed by atoms with E-state index in [9.17, 15) is 19.2 Å². The Kier molecular flexibility index (Phi) is 8.06. The second-order valence-electron chi connectivity index (χ2n) is 7.69. The lowest BCUT2D eigenvalue weighted by atomic mass is 9.98. The molecule has 1 aliphatic rings. The smallest absolute Gasteiger partial charge is 0.305 e. The third-order valence-electron chi connectivity index (χ3n) is 4.92. The summed E-state index contributed by atoms with van der Waals surface area (Å²) >= 11 is 0. The van der Waals surface area contributed by atoms with E-state index in [0.717, 1.165) is 17.7 Å². The van der Waals surface area contributed by atoms with Crippen LogP contribution in [0.5, 0.6) is 5.75 Å². The van der Waals surface area contributed by atoms with E-state index in [1.165, 1.54) is 20.8 Å². The van der Waals surface area contributed by atoms with Crippen LogP contribution in [-0.2, 0) is 42.9 Å². The second-order valence-corrected chi connectivity index (χ2v) is 7.69. The zero-order valence-electron chi connectivity index (χ0n) is 19.2. The van der Waals surface area contributed by atoms with Gasteiger partial charge in [0.05, 0.1) is 0 Å². The second kappa shape index (κ2) is 11.0. The molecule has 10 nitrogen and oxygen atoms in total. The molecule has 0 radical (unpaired) electrons. The summed E-state index contributed by atoms with van der Waals surface area (Å²) in [4.78, 5) is 47.0. The maximum Gasteiger partial charge on any atom is 0.305 e. The van der Waals surface area contributed by atoms with Crippen molar-refractivity contribution in [3.05, 3.63) is 42.5 Å². The monoisotopic (exact) mass is 474 g/mol. The lowest BCUT2D eigenvalue weighted by Gasteiger charge is -2.44. The normalized spacial score (nSPS) is 24.1. The van der Waals surface area contributed by atoms with Gasteiger partial charge in [0.2, 0.25) is 12.4 Å².